The van der Waals surface area contributed by atoms with Crippen LogP contribution in [-0.4, -0.2) is 23.2 Å². The molecule has 0 aliphatic heterocycles. The zero-order valence-electron chi connectivity index (χ0n) is 17.3. The number of nitro benzene ring substituents is 2. The minimum absolute atomic E-state index is 0.0150. The molecule has 0 unspecified atom stereocenters. The highest BCUT2D eigenvalue weighted by molar-refractivity contribution is 9.10. The first-order valence-electron chi connectivity index (χ1n) is 9.49. The number of hydrogen-bond donors (Lipinski definition) is 0. The predicted octanol–water partition coefficient (Wildman–Crippen LogP) is 5.40. The van der Waals surface area contributed by atoms with Crippen LogP contribution in [0.5, 0.6) is 11.5 Å². The van der Waals surface area contributed by atoms with Crippen LogP contribution < -0.4 is 9.47 Å². The van der Waals surface area contributed by atoms with Gasteiger partial charge in [-0.05, 0) is 39.2 Å². The molecule has 11 heteroatoms. The molecule has 33 heavy (non-hydrogen) atoms. The monoisotopic (exact) mass is 515 g/mol. The number of benzene rings is 3. The van der Waals surface area contributed by atoms with Gasteiger partial charge in [0.05, 0.1) is 27.6 Å². The molecular weight excluding hydrogens is 498 g/mol. The Morgan fingerprint density at radius 3 is 2.12 bits per heavy atom. The van der Waals surface area contributed by atoms with Crippen molar-refractivity contribution in [3.63, 3.8) is 0 Å². The van der Waals surface area contributed by atoms with Crippen LogP contribution >= 0.6 is 15.9 Å². The maximum atomic E-state index is 10.9. The number of oxime groups is 1. The summed E-state index contributed by atoms with van der Waals surface area (Å²) < 4.78 is 11.8. The molecular formula is C22H18BrN3O7. The van der Waals surface area contributed by atoms with E-state index in [9.17, 15) is 20.2 Å². The highest BCUT2D eigenvalue weighted by Gasteiger charge is 2.13. The lowest BCUT2D eigenvalue weighted by atomic mass is 10.2. The van der Waals surface area contributed by atoms with Crippen molar-refractivity contribution in [3.8, 4) is 11.5 Å². The number of halogens is 1. The smallest absolute Gasteiger partial charge is 0.269 e. The highest BCUT2D eigenvalue weighted by atomic mass is 79.9. The van der Waals surface area contributed by atoms with E-state index in [1.807, 2.05) is 0 Å². The van der Waals surface area contributed by atoms with Crippen LogP contribution in [0.25, 0.3) is 0 Å². The first-order chi connectivity index (χ1) is 15.9. The fourth-order valence-corrected chi connectivity index (χ4v) is 3.41. The summed E-state index contributed by atoms with van der Waals surface area (Å²) in [6.07, 6.45) is 1.47. The van der Waals surface area contributed by atoms with E-state index in [0.717, 1.165) is 0 Å². The Balaban J connectivity index is 1.66. The van der Waals surface area contributed by atoms with Gasteiger partial charge in [0.1, 0.15) is 13.2 Å². The lowest BCUT2D eigenvalue weighted by Gasteiger charge is -2.13. The van der Waals surface area contributed by atoms with Gasteiger partial charge < -0.3 is 14.3 Å². The fraction of sp³-hybridized carbons (Fsp3) is 0.136. The number of rotatable bonds is 10. The fourth-order valence-electron chi connectivity index (χ4n) is 2.84. The van der Waals surface area contributed by atoms with E-state index in [-0.39, 0.29) is 24.6 Å². The number of nitrogens with zero attached hydrogens (tertiary/aromatic N) is 3. The predicted molar refractivity (Wildman–Crippen MR) is 124 cm³/mol. The Hall–Kier alpha value is -3.99. The summed E-state index contributed by atoms with van der Waals surface area (Å²) in [5.74, 6) is 0.855. The number of nitro groups is 2. The quantitative estimate of drug-likeness (QED) is 0.201. The first kappa shape index (κ1) is 23.7. The minimum atomic E-state index is -0.473. The molecule has 0 aliphatic rings. The summed E-state index contributed by atoms with van der Waals surface area (Å²) in [5, 5.41) is 25.7. The zero-order valence-corrected chi connectivity index (χ0v) is 18.9. The van der Waals surface area contributed by atoms with Crippen LogP contribution in [0, 0.1) is 20.2 Å². The van der Waals surface area contributed by atoms with Crippen LogP contribution in [0.1, 0.15) is 16.7 Å². The topological polar surface area (TPSA) is 126 Å². The lowest BCUT2D eigenvalue weighted by molar-refractivity contribution is -0.385. The molecule has 0 bridgehead atoms. The molecule has 0 spiro atoms. The van der Waals surface area contributed by atoms with E-state index in [1.165, 1.54) is 37.6 Å². The summed E-state index contributed by atoms with van der Waals surface area (Å²) in [4.78, 5) is 26.1. The molecule has 0 radical (unpaired) electrons. The summed E-state index contributed by atoms with van der Waals surface area (Å²) in [7, 11) is 1.49. The van der Waals surface area contributed by atoms with E-state index in [0.29, 0.717) is 32.7 Å². The van der Waals surface area contributed by atoms with E-state index < -0.39 is 9.85 Å². The van der Waals surface area contributed by atoms with Gasteiger partial charge in [0.15, 0.2) is 11.5 Å². The molecule has 170 valence electrons. The Morgan fingerprint density at radius 1 is 0.939 bits per heavy atom. The van der Waals surface area contributed by atoms with Crippen molar-refractivity contribution in [2.75, 3.05) is 7.11 Å². The molecule has 0 saturated heterocycles. The Labute approximate surface area is 196 Å². The molecule has 3 rings (SSSR count). The van der Waals surface area contributed by atoms with Gasteiger partial charge >= 0.3 is 0 Å². The molecule has 0 aliphatic carbocycles. The van der Waals surface area contributed by atoms with Crippen molar-refractivity contribution in [1.82, 2.24) is 0 Å². The van der Waals surface area contributed by atoms with E-state index >= 15 is 0 Å². The molecule has 0 atom stereocenters. The second kappa shape index (κ2) is 11.0. The minimum Gasteiger partial charge on any atom is -0.493 e. The highest BCUT2D eigenvalue weighted by Crippen LogP contribution is 2.37. The SMILES string of the molecule is COc1cc(/C=N\OCc2cccc([N+](=O)[O-])c2)cc(Br)c1OCc1cccc([N+](=O)[O-])c1. The largest absolute Gasteiger partial charge is 0.493 e. The van der Waals surface area contributed by atoms with Gasteiger partial charge in [-0.15, -0.1) is 0 Å². The summed E-state index contributed by atoms with van der Waals surface area (Å²) in [6, 6.07) is 15.7. The average Bonchev–Trinajstić information content (AvgIpc) is 2.81. The van der Waals surface area contributed by atoms with Gasteiger partial charge in [0, 0.05) is 29.8 Å². The number of non-ortho nitro benzene ring substituents is 2. The number of methoxy groups -OCH3 is 1. The van der Waals surface area contributed by atoms with Gasteiger partial charge in [0.2, 0.25) is 0 Å². The van der Waals surface area contributed by atoms with Crippen molar-refractivity contribution in [3.05, 3.63) is 102 Å². The van der Waals surface area contributed by atoms with Crippen LogP contribution in [0.4, 0.5) is 11.4 Å². The van der Waals surface area contributed by atoms with Crippen LogP contribution in [-0.2, 0) is 18.1 Å². The molecule has 10 nitrogen and oxygen atoms in total. The maximum Gasteiger partial charge on any atom is 0.269 e. The zero-order chi connectivity index (χ0) is 23.8. The number of hydrogen-bond acceptors (Lipinski definition) is 8. The van der Waals surface area contributed by atoms with Crippen LogP contribution in [0.3, 0.4) is 0 Å². The van der Waals surface area contributed by atoms with Gasteiger partial charge in [-0.25, -0.2) is 0 Å². The third kappa shape index (κ3) is 6.50. The molecule has 3 aromatic carbocycles. The molecule has 0 saturated carbocycles. The Bertz CT molecular complexity index is 1200. The standard InChI is InChI=1S/C22H18BrN3O7/c1-31-21-11-17(12-24-33-14-16-5-3-7-19(9-16)26(29)30)10-20(23)22(21)32-13-15-4-2-6-18(8-15)25(27)28/h2-12H,13-14H2,1H3/b24-12-. The third-order valence-electron chi connectivity index (χ3n) is 4.39. The summed E-state index contributed by atoms with van der Waals surface area (Å²) in [5.41, 5.74) is 1.87. The van der Waals surface area contributed by atoms with Crippen LogP contribution in [0.2, 0.25) is 0 Å². The molecule has 3 aromatic rings. The van der Waals surface area contributed by atoms with Gasteiger partial charge in [-0.1, -0.05) is 29.4 Å². The second-order valence-electron chi connectivity index (χ2n) is 6.68. The normalized spacial score (nSPS) is 10.7. The molecule has 0 amide bonds. The van der Waals surface area contributed by atoms with E-state index in [4.69, 9.17) is 14.3 Å². The second-order valence-corrected chi connectivity index (χ2v) is 7.54. The van der Waals surface area contributed by atoms with Crippen LogP contribution in [0.15, 0.2) is 70.3 Å². The van der Waals surface area contributed by atoms with Crippen molar-refractivity contribution < 1.29 is 24.2 Å². The lowest BCUT2D eigenvalue weighted by Crippen LogP contribution is -2.00. The van der Waals surface area contributed by atoms with Gasteiger partial charge in [-0.2, -0.15) is 0 Å². The van der Waals surface area contributed by atoms with Gasteiger partial charge in [0.25, 0.3) is 11.4 Å². The molecule has 0 aromatic heterocycles. The van der Waals surface area contributed by atoms with E-state index in [1.54, 1.807) is 36.4 Å². The molecule has 0 heterocycles. The average molecular weight is 516 g/mol. The maximum absolute atomic E-state index is 10.9. The first-order valence-corrected chi connectivity index (χ1v) is 10.3. The van der Waals surface area contributed by atoms with Crippen molar-refractivity contribution in [2.24, 2.45) is 5.16 Å². The Morgan fingerprint density at radius 2 is 1.55 bits per heavy atom. The van der Waals surface area contributed by atoms with Crippen molar-refractivity contribution in [2.45, 2.75) is 13.2 Å². The molecule has 0 fully saturated rings. The van der Waals surface area contributed by atoms with Crippen molar-refractivity contribution in [1.29, 1.82) is 0 Å². The summed E-state index contributed by atoms with van der Waals surface area (Å²) >= 11 is 3.44. The Kier molecular flexibility index (Phi) is 7.92. The van der Waals surface area contributed by atoms with E-state index in [2.05, 4.69) is 21.1 Å². The van der Waals surface area contributed by atoms with Gasteiger partial charge in [-0.3, -0.25) is 20.2 Å². The molecule has 0 N–H and O–H groups in total. The summed E-state index contributed by atoms with van der Waals surface area (Å²) in [6.45, 7) is 0.178. The number of ether oxygens (including phenoxy) is 2. The van der Waals surface area contributed by atoms with Crippen molar-refractivity contribution >= 4 is 33.5 Å². The third-order valence-corrected chi connectivity index (χ3v) is 4.97.